The van der Waals surface area contributed by atoms with Gasteiger partial charge in [-0.05, 0) is 50.7 Å². The van der Waals surface area contributed by atoms with Crippen molar-refractivity contribution in [2.24, 2.45) is 11.8 Å². The molecule has 7 heteroatoms. The number of aromatic nitrogens is 3. The summed E-state index contributed by atoms with van der Waals surface area (Å²) >= 11 is 0. The minimum absolute atomic E-state index is 0.382. The number of rotatable bonds is 3. The Morgan fingerprint density at radius 1 is 1.04 bits per heavy atom. The van der Waals surface area contributed by atoms with Crippen molar-refractivity contribution in [3.05, 3.63) is 35.9 Å². The topological polar surface area (TPSA) is 91.6 Å². The highest BCUT2D eigenvalue weighted by atomic mass is 16.5. The van der Waals surface area contributed by atoms with Gasteiger partial charge in [0.1, 0.15) is 12.1 Å². The number of hydrogen-bond acceptors (Lipinski definition) is 7. The molecule has 4 atom stereocenters. The second-order valence-corrected chi connectivity index (χ2v) is 7.35. The molecule has 0 aromatic carbocycles. The molecule has 2 fully saturated rings. The van der Waals surface area contributed by atoms with Gasteiger partial charge < -0.3 is 19.8 Å². The van der Waals surface area contributed by atoms with Crippen LogP contribution in [0.2, 0.25) is 0 Å². The first-order chi connectivity index (χ1) is 12.5. The van der Waals surface area contributed by atoms with Crippen molar-refractivity contribution in [3.8, 4) is 11.6 Å². The van der Waals surface area contributed by atoms with E-state index in [2.05, 4.69) is 19.9 Å². The van der Waals surface area contributed by atoms with Crippen molar-refractivity contribution in [1.29, 1.82) is 0 Å². The highest BCUT2D eigenvalue weighted by Gasteiger charge is 2.41. The highest BCUT2D eigenvalue weighted by Crippen LogP contribution is 2.39. The zero-order valence-electron chi connectivity index (χ0n) is 15.0. The lowest BCUT2D eigenvalue weighted by Gasteiger charge is -2.31. The molecular formula is C19H24N4O3. The Hall–Kier alpha value is -2.25. The number of aryl methyl sites for hydroxylation is 1. The summed E-state index contributed by atoms with van der Waals surface area (Å²) in [5.74, 6) is 2.83. The first kappa shape index (κ1) is 17.2. The fourth-order valence-corrected chi connectivity index (χ4v) is 4.11. The molecule has 0 unspecified atom stereocenters. The molecule has 0 bridgehead atoms. The summed E-state index contributed by atoms with van der Waals surface area (Å²) in [7, 11) is 0. The van der Waals surface area contributed by atoms with E-state index in [1.54, 1.807) is 6.20 Å². The van der Waals surface area contributed by atoms with Gasteiger partial charge in [0.15, 0.2) is 5.75 Å². The van der Waals surface area contributed by atoms with Crippen molar-refractivity contribution in [1.82, 2.24) is 15.0 Å². The van der Waals surface area contributed by atoms with E-state index in [0.29, 0.717) is 36.3 Å². The summed E-state index contributed by atoms with van der Waals surface area (Å²) < 4.78 is 5.97. The van der Waals surface area contributed by atoms with Crippen LogP contribution in [-0.2, 0) is 0 Å². The fourth-order valence-electron chi connectivity index (χ4n) is 4.11. The molecule has 0 spiro atoms. The molecule has 1 aliphatic heterocycles. The van der Waals surface area contributed by atoms with E-state index in [4.69, 9.17) is 4.74 Å². The highest BCUT2D eigenvalue weighted by molar-refractivity contribution is 5.52. The molecule has 2 aromatic heterocycles. The molecule has 138 valence electrons. The Kier molecular flexibility index (Phi) is 4.50. The van der Waals surface area contributed by atoms with Crippen LogP contribution in [0.15, 0.2) is 24.7 Å². The Labute approximate surface area is 152 Å². The molecule has 4 rings (SSSR count). The molecule has 0 radical (unpaired) electrons. The normalized spacial score (nSPS) is 28.1. The van der Waals surface area contributed by atoms with Crippen LogP contribution >= 0.6 is 0 Å². The molecule has 7 nitrogen and oxygen atoms in total. The smallest absolute Gasteiger partial charge is 0.227 e. The van der Waals surface area contributed by atoms with Gasteiger partial charge in [0.2, 0.25) is 5.88 Å². The van der Waals surface area contributed by atoms with Gasteiger partial charge >= 0.3 is 0 Å². The van der Waals surface area contributed by atoms with Crippen molar-refractivity contribution in [3.63, 3.8) is 0 Å². The summed E-state index contributed by atoms with van der Waals surface area (Å²) in [6, 6.07) is 3.71. The van der Waals surface area contributed by atoms with Gasteiger partial charge in [-0.1, -0.05) is 0 Å². The molecular weight excluding hydrogens is 332 g/mol. The van der Waals surface area contributed by atoms with Crippen LogP contribution < -0.4 is 9.64 Å². The Balaban J connectivity index is 1.56. The van der Waals surface area contributed by atoms with E-state index >= 15 is 0 Å². The SMILES string of the molecule is Cc1ncccc1Oc1ncnc(N2C[C@H]3C[C@H](O)[C@H](O)C[C@H]3C2)c1C. The van der Waals surface area contributed by atoms with Crippen molar-refractivity contribution in [2.45, 2.75) is 38.9 Å². The molecule has 0 amide bonds. The van der Waals surface area contributed by atoms with Crippen LogP contribution in [0.4, 0.5) is 5.82 Å². The lowest BCUT2D eigenvalue weighted by molar-refractivity contribution is -0.0372. The zero-order valence-corrected chi connectivity index (χ0v) is 15.0. The second kappa shape index (κ2) is 6.81. The number of aliphatic hydroxyl groups excluding tert-OH is 2. The summed E-state index contributed by atoms with van der Waals surface area (Å²) in [5.41, 5.74) is 1.69. The van der Waals surface area contributed by atoms with E-state index < -0.39 is 12.2 Å². The van der Waals surface area contributed by atoms with Crippen LogP contribution in [0, 0.1) is 25.7 Å². The van der Waals surface area contributed by atoms with Crippen molar-refractivity contribution >= 4 is 5.82 Å². The molecule has 1 saturated heterocycles. The lowest BCUT2D eigenvalue weighted by Crippen LogP contribution is -2.38. The number of nitrogens with zero attached hydrogens (tertiary/aromatic N) is 4. The first-order valence-electron chi connectivity index (χ1n) is 9.05. The summed E-state index contributed by atoms with van der Waals surface area (Å²) in [6.45, 7) is 5.52. The van der Waals surface area contributed by atoms with Gasteiger partial charge in [-0.25, -0.2) is 9.97 Å². The third kappa shape index (κ3) is 3.12. The summed E-state index contributed by atoms with van der Waals surface area (Å²) in [5, 5.41) is 19.9. The molecule has 2 aromatic rings. The maximum Gasteiger partial charge on any atom is 0.227 e. The van der Waals surface area contributed by atoms with E-state index in [1.165, 1.54) is 6.33 Å². The molecule has 1 saturated carbocycles. The van der Waals surface area contributed by atoms with E-state index in [-0.39, 0.29) is 0 Å². The number of anilines is 1. The van der Waals surface area contributed by atoms with Crippen LogP contribution in [0.25, 0.3) is 0 Å². The van der Waals surface area contributed by atoms with Gasteiger partial charge in [-0.15, -0.1) is 0 Å². The van der Waals surface area contributed by atoms with Crippen LogP contribution in [-0.4, -0.2) is 50.5 Å². The monoisotopic (exact) mass is 356 g/mol. The molecule has 2 aliphatic rings. The second-order valence-electron chi connectivity index (χ2n) is 7.35. The molecule has 3 heterocycles. The van der Waals surface area contributed by atoms with Crippen LogP contribution in [0.5, 0.6) is 11.6 Å². The summed E-state index contributed by atoms with van der Waals surface area (Å²) in [4.78, 5) is 15.2. The van der Waals surface area contributed by atoms with Gasteiger partial charge in [0.25, 0.3) is 0 Å². The maximum atomic E-state index is 9.95. The maximum absolute atomic E-state index is 9.95. The third-order valence-electron chi connectivity index (χ3n) is 5.58. The van der Waals surface area contributed by atoms with E-state index in [0.717, 1.165) is 30.2 Å². The van der Waals surface area contributed by atoms with Gasteiger partial charge in [0, 0.05) is 19.3 Å². The van der Waals surface area contributed by atoms with E-state index in [9.17, 15) is 10.2 Å². The van der Waals surface area contributed by atoms with Crippen molar-refractivity contribution in [2.75, 3.05) is 18.0 Å². The average molecular weight is 356 g/mol. The lowest BCUT2D eigenvalue weighted by atomic mass is 9.79. The van der Waals surface area contributed by atoms with Crippen LogP contribution in [0.3, 0.4) is 0 Å². The first-order valence-corrected chi connectivity index (χ1v) is 9.05. The standard InChI is InChI=1S/C19H24N4O3/c1-11-18(23-8-13-6-15(24)16(25)7-14(13)9-23)21-10-22-19(11)26-17-4-3-5-20-12(17)2/h3-5,10,13-16,24-25H,6-9H2,1-2H3/t13-,14+,15+,16-. The largest absolute Gasteiger partial charge is 0.437 e. The van der Waals surface area contributed by atoms with Crippen LogP contribution in [0.1, 0.15) is 24.1 Å². The van der Waals surface area contributed by atoms with Gasteiger partial charge in [-0.3, -0.25) is 4.98 Å². The van der Waals surface area contributed by atoms with Gasteiger partial charge in [0.05, 0.1) is 23.5 Å². The predicted molar refractivity (Wildman–Crippen MR) is 96.3 cm³/mol. The minimum Gasteiger partial charge on any atom is -0.437 e. The Morgan fingerprint density at radius 2 is 1.73 bits per heavy atom. The molecule has 2 N–H and O–H groups in total. The number of fused-ring (bicyclic) bond motifs is 1. The molecule has 26 heavy (non-hydrogen) atoms. The zero-order chi connectivity index (χ0) is 18.3. The predicted octanol–water partition coefficient (Wildman–Crippen LogP) is 1.85. The van der Waals surface area contributed by atoms with Crippen molar-refractivity contribution < 1.29 is 14.9 Å². The quantitative estimate of drug-likeness (QED) is 0.867. The minimum atomic E-state index is -0.616. The fraction of sp³-hybridized carbons (Fsp3) is 0.526. The Morgan fingerprint density at radius 3 is 2.38 bits per heavy atom. The number of pyridine rings is 1. The van der Waals surface area contributed by atoms with E-state index in [1.807, 2.05) is 26.0 Å². The van der Waals surface area contributed by atoms with Gasteiger partial charge in [-0.2, -0.15) is 0 Å². The average Bonchev–Trinajstić information content (AvgIpc) is 3.01. The molecule has 1 aliphatic carbocycles. The summed E-state index contributed by atoms with van der Waals surface area (Å²) in [6.07, 6.45) is 3.31. The Bertz CT molecular complexity index is 782. The number of aliphatic hydroxyl groups is 2. The number of ether oxygens (including phenoxy) is 1. The number of hydrogen-bond donors (Lipinski definition) is 2. The third-order valence-corrected chi connectivity index (χ3v) is 5.58.